The van der Waals surface area contributed by atoms with E-state index in [0.717, 1.165) is 18.0 Å². The highest BCUT2D eigenvalue weighted by molar-refractivity contribution is 7.10. The zero-order valence-corrected chi connectivity index (χ0v) is 20.7. The Balaban J connectivity index is 1.41. The molecule has 2 aliphatic rings. The monoisotopic (exact) mass is 473 g/mol. The summed E-state index contributed by atoms with van der Waals surface area (Å²) in [5.74, 6) is 0.332. The molecule has 0 spiro atoms. The minimum atomic E-state index is -0.0184. The van der Waals surface area contributed by atoms with Crippen LogP contribution in [0, 0.1) is 5.41 Å². The fourth-order valence-corrected chi connectivity index (χ4v) is 5.65. The number of thiophene rings is 1. The first-order valence-corrected chi connectivity index (χ1v) is 12.6. The van der Waals surface area contributed by atoms with Gasteiger partial charge in [-0.3, -0.25) is 14.5 Å². The lowest BCUT2D eigenvalue weighted by Crippen LogP contribution is -2.53. The number of fused-ring (bicyclic) bond motifs is 1. The number of rotatable bonds is 4. The van der Waals surface area contributed by atoms with Crippen LogP contribution in [0.5, 0.6) is 0 Å². The molecule has 1 fully saturated rings. The zero-order valence-electron chi connectivity index (χ0n) is 19.1. The van der Waals surface area contributed by atoms with E-state index in [0.29, 0.717) is 39.1 Å². The summed E-state index contributed by atoms with van der Waals surface area (Å²) in [4.78, 5) is 33.3. The number of halogens is 1. The number of piperazine rings is 1. The summed E-state index contributed by atoms with van der Waals surface area (Å²) in [6.45, 7) is 9.95. The Bertz CT molecular complexity index is 958. The number of hydrogen-bond acceptors (Lipinski definition) is 4. The molecule has 2 aliphatic heterocycles. The van der Waals surface area contributed by atoms with Gasteiger partial charge in [0.15, 0.2) is 0 Å². The van der Waals surface area contributed by atoms with Gasteiger partial charge in [-0.05, 0) is 46.5 Å². The summed E-state index contributed by atoms with van der Waals surface area (Å²) in [5, 5.41) is 2.86. The molecule has 1 atom stereocenters. The van der Waals surface area contributed by atoms with Crippen molar-refractivity contribution < 1.29 is 9.59 Å². The van der Waals surface area contributed by atoms with Crippen LogP contribution in [0.15, 0.2) is 35.7 Å². The first-order chi connectivity index (χ1) is 15.2. The minimum absolute atomic E-state index is 0.0184. The Labute approximate surface area is 199 Å². The van der Waals surface area contributed by atoms with Crippen molar-refractivity contribution in [3.05, 3.63) is 56.7 Å². The molecule has 1 saturated heterocycles. The third-order valence-electron chi connectivity index (χ3n) is 6.26. The first kappa shape index (κ1) is 23.3. The van der Waals surface area contributed by atoms with Gasteiger partial charge >= 0.3 is 0 Å². The molecule has 32 heavy (non-hydrogen) atoms. The van der Waals surface area contributed by atoms with Gasteiger partial charge in [-0.1, -0.05) is 44.5 Å². The van der Waals surface area contributed by atoms with Gasteiger partial charge in [0, 0.05) is 49.0 Å². The Kier molecular flexibility index (Phi) is 6.94. The molecule has 7 heteroatoms. The van der Waals surface area contributed by atoms with Gasteiger partial charge in [-0.2, -0.15) is 0 Å². The van der Waals surface area contributed by atoms with E-state index in [2.05, 4.69) is 49.3 Å². The molecule has 4 rings (SSSR count). The molecule has 172 valence electrons. The maximum absolute atomic E-state index is 13.2. The van der Waals surface area contributed by atoms with Crippen LogP contribution in [0.4, 0.5) is 0 Å². The van der Waals surface area contributed by atoms with Gasteiger partial charge in [-0.15, -0.1) is 11.3 Å². The lowest BCUT2D eigenvalue weighted by Gasteiger charge is -2.39. The van der Waals surface area contributed by atoms with Crippen molar-refractivity contribution in [2.45, 2.75) is 39.7 Å². The highest BCUT2D eigenvalue weighted by atomic mass is 35.5. The van der Waals surface area contributed by atoms with Crippen molar-refractivity contribution >= 4 is 34.8 Å². The van der Waals surface area contributed by atoms with Crippen molar-refractivity contribution in [2.24, 2.45) is 5.41 Å². The maximum atomic E-state index is 13.2. The Hall–Kier alpha value is -1.89. The van der Waals surface area contributed by atoms with Crippen molar-refractivity contribution in [2.75, 3.05) is 39.3 Å². The van der Waals surface area contributed by atoms with Crippen LogP contribution in [0.25, 0.3) is 0 Å². The third-order valence-corrected chi connectivity index (χ3v) is 7.50. The molecule has 0 aliphatic carbocycles. The molecular formula is C25H32ClN3O2S. The van der Waals surface area contributed by atoms with Crippen molar-refractivity contribution in [1.29, 1.82) is 0 Å². The summed E-state index contributed by atoms with van der Waals surface area (Å²) in [6, 6.07) is 10.2. The van der Waals surface area contributed by atoms with Crippen molar-refractivity contribution in [3.63, 3.8) is 0 Å². The minimum Gasteiger partial charge on any atom is -0.339 e. The second kappa shape index (κ2) is 9.54. The van der Waals surface area contributed by atoms with Crippen LogP contribution >= 0.6 is 22.9 Å². The fourth-order valence-electron chi connectivity index (χ4n) is 4.62. The lowest BCUT2D eigenvalue weighted by molar-refractivity contribution is -0.141. The van der Waals surface area contributed by atoms with E-state index in [1.165, 1.54) is 16.0 Å². The van der Waals surface area contributed by atoms with E-state index in [9.17, 15) is 9.59 Å². The largest absolute Gasteiger partial charge is 0.339 e. The van der Waals surface area contributed by atoms with E-state index >= 15 is 0 Å². The first-order valence-electron chi connectivity index (χ1n) is 11.3. The summed E-state index contributed by atoms with van der Waals surface area (Å²) >= 11 is 7.92. The highest BCUT2D eigenvalue weighted by Gasteiger charge is 2.33. The molecule has 0 unspecified atom stereocenters. The summed E-state index contributed by atoms with van der Waals surface area (Å²) in [6.07, 6.45) is 1.51. The SMILES string of the molecule is CC(C)(C)CC(=O)N1CCN(C(=O)CN2CCc3sccc3[C@@H]2c2ccc(Cl)cc2)CC1. The van der Waals surface area contributed by atoms with Crippen LogP contribution in [-0.4, -0.2) is 65.8 Å². The Morgan fingerprint density at radius 2 is 1.59 bits per heavy atom. The van der Waals surface area contributed by atoms with Gasteiger partial charge in [-0.25, -0.2) is 0 Å². The molecule has 0 radical (unpaired) electrons. The predicted molar refractivity (Wildman–Crippen MR) is 130 cm³/mol. The van der Waals surface area contributed by atoms with Crippen molar-refractivity contribution in [1.82, 2.24) is 14.7 Å². The van der Waals surface area contributed by atoms with Gasteiger partial charge in [0.1, 0.15) is 0 Å². The molecule has 3 heterocycles. The highest BCUT2D eigenvalue weighted by Crippen LogP contribution is 2.38. The van der Waals surface area contributed by atoms with Gasteiger partial charge in [0.05, 0.1) is 12.6 Å². The van der Waals surface area contributed by atoms with E-state index in [-0.39, 0.29) is 23.3 Å². The number of carbonyl (C=O) groups excluding carboxylic acids is 2. The van der Waals surface area contributed by atoms with E-state index < -0.39 is 0 Å². The fraction of sp³-hybridized carbons (Fsp3) is 0.520. The molecule has 5 nitrogen and oxygen atoms in total. The molecule has 2 aromatic rings. The van der Waals surface area contributed by atoms with E-state index in [1.54, 1.807) is 11.3 Å². The van der Waals surface area contributed by atoms with Crippen LogP contribution in [0.2, 0.25) is 5.02 Å². The Morgan fingerprint density at radius 1 is 0.969 bits per heavy atom. The molecule has 0 saturated carbocycles. The van der Waals surface area contributed by atoms with E-state index in [1.807, 2.05) is 21.9 Å². The maximum Gasteiger partial charge on any atom is 0.236 e. The molecule has 2 amide bonds. The third kappa shape index (κ3) is 5.36. The number of nitrogens with zero attached hydrogens (tertiary/aromatic N) is 3. The topological polar surface area (TPSA) is 43.9 Å². The van der Waals surface area contributed by atoms with Crippen LogP contribution in [-0.2, 0) is 16.0 Å². The number of amides is 2. The normalized spacial score (nSPS) is 19.7. The number of hydrogen-bond donors (Lipinski definition) is 0. The number of carbonyl (C=O) groups is 2. The summed E-state index contributed by atoms with van der Waals surface area (Å²) < 4.78 is 0. The van der Waals surface area contributed by atoms with Gasteiger partial charge in [0.2, 0.25) is 11.8 Å². The zero-order chi connectivity index (χ0) is 22.9. The summed E-state index contributed by atoms with van der Waals surface area (Å²) in [7, 11) is 0. The average molecular weight is 474 g/mol. The van der Waals surface area contributed by atoms with Crippen LogP contribution < -0.4 is 0 Å². The molecule has 0 bridgehead atoms. The second-order valence-electron chi connectivity index (χ2n) is 9.97. The quantitative estimate of drug-likeness (QED) is 0.658. The van der Waals surface area contributed by atoms with E-state index in [4.69, 9.17) is 11.6 Å². The van der Waals surface area contributed by atoms with Crippen molar-refractivity contribution in [3.8, 4) is 0 Å². The van der Waals surface area contributed by atoms with Crippen LogP contribution in [0.3, 0.4) is 0 Å². The molecular weight excluding hydrogens is 442 g/mol. The molecule has 1 aromatic heterocycles. The van der Waals surface area contributed by atoms with Crippen LogP contribution in [0.1, 0.15) is 49.2 Å². The summed E-state index contributed by atoms with van der Waals surface area (Å²) in [5.41, 5.74) is 2.45. The predicted octanol–water partition coefficient (Wildman–Crippen LogP) is 4.46. The standard InChI is InChI=1S/C25H32ClN3O2S/c1-25(2,3)16-22(30)27-11-13-28(14-12-27)23(31)17-29-10-8-21-20(9-15-32-21)24(29)18-4-6-19(26)7-5-18/h4-7,9,15,24H,8,10-14,16-17H2,1-3H3/t24-/m0/s1. The average Bonchev–Trinajstić information content (AvgIpc) is 3.22. The number of benzene rings is 1. The molecule has 1 aromatic carbocycles. The van der Waals surface area contributed by atoms with Gasteiger partial charge < -0.3 is 9.80 Å². The Morgan fingerprint density at radius 3 is 2.22 bits per heavy atom. The second-order valence-corrected chi connectivity index (χ2v) is 11.4. The smallest absolute Gasteiger partial charge is 0.236 e. The lowest BCUT2D eigenvalue weighted by atomic mass is 9.91. The van der Waals surface area contributed by atoms with Gasteiger partial charge in [0.25, 0.3) is 0 Å². The molecule has 0 N–H and O–H groups in total.